The Morgan fingerprint density at radius 1 is 1.10 bits per heavy atom. The molecule has 29 heavy (non-hydrogen) atoms. The Balaban J connectivity index is 1.53. The van der Waals surface area contributed by atoms with Crippen molar-refractivity contribution >= 4 is 17.6 Å². The predicted molar refractivity (Wildman–Crippen MR) is 117 cm³/mol. The zero-order valence-electron chi connectivity index (χ0n) is 17.5. The van der Waals surface area contributed by atoms with Gasteiger partial charge < -0.3 is 20.3 Å². The first kappa shape index (κ1) is 20.7. The summed E-state index contributed by atoms with van der Waals surface area (Å²) in [5, 5.41) is 6.66. The van der Waals surface area contributed by atoms with Gasteiger partial charge in [0.2, 0.25) is 5.91 Å². The molecule has 1 amide bonds. The Bertz CT molecular complexity index is 862. The highest BCUT2D eigenvalue weighted by Gasteiger charge is 2.19. The number of guanidine groups is 1. The van der Waals surface area contributed by atoms with E-state index in [0.717, 1.165) is 47.9 Å². The standard InChI is InChI=1S/C23H30N4O2/c1-17-7-10-19(21(14-17)29-3)16-26-23(24-2)25-15-18-8-11-20(12-9-18)27-13-5-4-6-22(27)28/h7-12,14H,4-6,13,15-16H2,1-3H3,(H2,24,25,26). The number of carbonyl (C=O) groups excluding carboxylic acids is 1. The number of rotatable bonds is 6. The van der Waals surface area contributed by atoms with E-state index in [1.165, 1.54) is 5.56 Å². The average Bonchev–Trinajstić information content (AvgIpc) is 2.75. The van der Waals surface area contributed by atoms with Crippen LogP contribution in [0.3, 0.4) is 0 Å². The Labute approximate surface area is 173 Å². The van der Waals surface area contributed by atoms with Gasteiger partial charge in [-0.2, -0.15) is 0 Å². The van der Waals surface area contributed by atoms with E-state index in [0.29, 0.717) is 19.5 Å². The molecular formula is C23H30N4O2. The lowest BCUT2D eigenvalue weighted by Crippen LogP contribution is -2.36. The van der Waals surface area contributed by atoms with Crippen molar-refractivity contribution in [3.63, 3.8) is 0 Å². The van der Waals surface area contributed by atoms with Gasteiger partial charge in [-0.25, -0.2) is 0 Å². The largest absolute Gasteiger partial charge is 0.496 e. The molecular weight excluding hydrogens is 364 g/mol. The van der Waals surface area contributed by atoms with Crippen LogP contribution >= 0.6 is 0 Å². The second-order valence-electron chi connectivity index (χ2n) is 7.26. The molecule has 154 valence electrons. The molecule has 0 aliphatic carbocycles. The van der Waals surface area contributed by atoms with Gasteiger partial charge in [0.1, 0.15) is 5.75 Å². The summed E-state index contributed by atoms with van der Waals surface area (Å²) in [6, 6.07) is 14.3. The van der Waals surface area contributed by atoms with E-state index < -0.39 is 0 Å². The van der Waals surface area contributed by atoms with E-state index in [9.17, 15) is 4.79 Å². The molecule has 6 nitrogen and oxygen atoms in total. The van der Waals surface area contributed by atoms with Crippen molar-refractivity contribution in [2.24, 2.45) is 4.99 Å². The van der Waals surface area contributed by atoms with Crippen LogP contribution in [0, 0.1) is 6.92 Å². The van der Waals surface area contributed by atoms with Gasteiger partial charge in [0, 0.05) is 44.4 Å². The van der Waals surface area contributed by atoms with Gasteiger partial charge in [0.05, 0.1) is 7.11 Å². The predicted octanol–water partition coefficient (Wildman–Crippen LogP) is 3.39. The fourth-order valence-corrected chi connectivity index (χ4v) is 3.46. The number of nitrogens with one attached hydrogen (secondary N) is 2. The SMILES string of the molecule is CN=C(NCc1ccc(N2CCCCC2=O)cc1)NCc1ccc(C)cc1OC. The van der Waals surface area contributed by atoms with E-state index in [2.05, 4.69) is 39.9 Å². The molecule has 0 saturated carbocycles. The highest BCUT2D eigenvalue weighted by molar-refractivity contribution is 5.93. The maximum Gasteiger partial charge on any atom is 0.226 e. The third kappa shape index (κ3) is 5.50. The number of benzene rings is 2. The molecule has 0 unspecified atom stereocenters. The maximum absolute atomic E-state index is 12.1. The molecule has 1 aliphatic rings. The molecule has 0 aromatic heterocycles. The zero-order valence-corrected chi connectivity index (χ0v) is 17.5. The van der Waals surface area contributed by atoms with Crippen molar-refractivity contribution < 1.29 is 9.53 Å². The van der Waals surface area contributed by atoms with Crippen LogP contribution < -0.4 is 20.3 Å². The van der Waals surface area contributed by atoms with Crippen molar-refractivity contribution in [3.8, 4) is 5.75 Å². The van der Waals surface area contributed by atoms with Crippen LogP contribution in [0.15, 0.2) is 47.5 Å². The Morgan fingerprint density at radius 3 is 2.55 bits per heavy atom. The van der Waals surface area contributed by atoms with Crippen molar-refractivity contribution in [1.82, 2.24) is 10.6 Å². The zero-order chi connectivity index (χ0) is 20.6. The fourth-order valence-electron chi connectivity index (χ4n) is 3.46. The Hall–Kier alpha value is -3.02. The van der Waals surface area contributed by atoms with E-state index in [1.54, 1.807) is 14.2 Å². The quantitative estimate of drug-likeness (QED) is 0.582. The van der Waals surface area contributed by atoms with Crippen LogP contribution in [0.1, 0.15) is 36.0 Å². The summed E-state index contributed by atoms with van der Waals surface area (Å²) in [5.41, 5.74) is 4.36. The molecule has 1 heterocycles. The molecule has 2 N–H and O–H groups in total. The first-order valence-electron chi connectivity index (χ1n) is 10.1. The molecule has 2 aromatic rings. The van der Waals surface area contributed by atoms with Gasteiger partial charge in [-0.05, 0) is 49.1 Å². The summed E-state index contributed by atoms with van der Waals surface area (Å²) in [7, 11) is 3.44. The van der Waals surface area contributed by atoms with Gasteiger partial charge >= 0.3 is 0 Å². The number of hydrogen-bond acceptors (Lipinski definition) is 3. The van der Waals surface area contributed by atoms with E-state index in [1.807, 2.05) is 30.0 Å². The average molecular weight is 395 g/mol. The maximum atomic E-state index is 12.1. The number of anilines is 1. The number of aliphatic imine (C=N–C) groups is 1. The van der Waals surface area contributed by atoms with Crippen molar-refractivity contribution in [3.05, 3.63) is 59.2 Å². The molecule has 1 aliphatic heterocycles. The van der Waals surface area contributed by atoms with E-state index in [4.69, 9.17) is 4.74 Å². The molecule has 0 bridgehead atoms. The van der Waals surface area contributed by atoms with Crippen LogP contribution in [-0.4, -0.2) is 32.6 Å². The van der Waals surface area contributed by atoms with Crippen LogP contribution in [0.2, 0.25) is 0 Å². The summed E-state index contributed by atoms with van der Waals surface area (Å²) in [5.74, 6) is 1.82. The van der Waals surface area contributed by atoms with Crippen LogP contribution in [0.4, 0.5) is 5.69 Å². The smallest absolute Gasteiger partial charge is 0.226 e. The number of ether oxygens (including phenoxy) is 1. The van der Waals surface area contributed by atoms with Crippen LogP contribution in [0.5, 0.6) is 5.75 Å². The van der Waals surface area contributed by atoms with Gasteiger partial charge in [0.15, 0.2) is 5.96 Å². The van der Waals surface area contributed by atoms with E-state index in [-0.39, 0.29) is 5.91 Å². The molecule has 2 aromatic carbocycles. The van der Waals surface area contributed by atoms with Crippen molar-refractivity contribution in [2.75, 3.05) is 25.6 Å². The van der Waals surface area contributed by atoms with E-state index >= 15 is 0 Å². The molecule has 3 rings (SSSR count). The summed E-state index contributed by atoms with van der Waals surface area (Å²) in [6.07, 6.45) is 2.72. The summed E-state index contributed by atoms with van der Waals surface area (Å²) < 4.78 is 5.46. The number of aryl methyl sites for hydroxylation is 1. The monoisotopic (exact) mass is 394 g/mol. The first-order chi connectivity index (χ1) is 14.1. The third-order valence-corrected chi connectivity index (χ3v) is 5.14. The van der Waals surface area contributed by atoms with Crippen molar-refractivity contribution in [2.45, 2.75) is 39.3 Å². The second-order valence-corrected chi connectivity index (χ2v) is 7.26. The normalized spacial score (nSPS) is 14.7. The van der Waals surface area contributed by atoms with Crippen molar-refractivity contribution in [1.29, 1.82) is 0 Å². The highest BCUT2D eigenvalue weighted by atomic mass is 16.5. The number of methoxy groups -OCH3 is 1. The van der Waals surface area contributed by atoms with Gasteiger partial charge in [-0.3, -0.25) is 9.79 Å². The van der Waals surface area contributed by atoms with Gasteiger partial charge in [-0.1, -0.05) is 24.3 Å². The van der Waals surface area contributed by atoms with Crippen LogP contribution in [-0.2, 0) is 17.9 Å². The number of carbonyl (C=O) groups is 1. The van der Waals surface area contributed by atoms with Crippen LogP contribution in [0.25, 0.3) is 0 Å². The number of amides is 1. The first-order valence-corrected chi connectivity index (χ1v) is 10.1. The molecule has 0 radical (unpaired) electrons. The van der Waals surface area contributed by atoms with Gasteiger partial charge in [0.25, 0.3) is 0 Å². The summed E-state index contributed by atoms with van der Waals surface area (Å²) in [4.78, 5) is 18.2. The fraction of sp³-hybridized carbons (Fsp3) is 0.391. The molecule has 0 spiro atoms. The minimum absolute atomic E-state index is 0.221. The molecule has 1 fully saturated rings. The Kier molecular flexibility index (Phi) is 7.11. The topological polar surface area (TPSA) is 66.0 Å². The minimum atomic E-state index is 0.221. The second kappa shape index (κ2) is 9.96. The molecule has 1 saturated heterocycles. The summed E-state index contributed by atoms with van der Waals surface area (Å²) >= 11 is 0. The number of nitrogens with zero attached hydrogens (tertiary/aromatic N) is 2. The highest BCUT2D eigenvalue weighted by Crippen LogP contribution is 2.21. The lowest BCUT2D eigenvalue weighted by molar-refractivity contribution is -0.119. The minimum Gasteiger partial charge on any atom is -0.496 e. The lowest BCUT2D eigenvalue weighted by Gasteiger charge is -2.26. The van der Waals surface area contributed by atoms with Gasteiger partial charge in [-0.15, -0.1) is 0 Å². The molecule has 6 heteroatoms. The Morgan fingerprint density at radius 2 is 1.86 bits per heavy atom. The summed E-state index contributed by atoms with van der Waals surface area (Å²) in [6.45, 7) is 4.14. The third-order valence-electron chi connectivity index (χ3n) is 5.14. The number of hydrogen-bond donors (Lipinski definition) is 2. The molecule has 0 atom stereocenters. The lowest BCUT2D eigenvalue weighted by atomic mass is 10.1. The number of piperidine rings is 1.